The van der Waals surface area contributed by atoms with Crippen LogP contribution >= 0.6 is 11.6 Å². The van der Waals surface area contributed by atoms with Crippen molar-refractivity contribution in [2.24, 2.45) is 0 Å². The van der Waals surface area contributed by atoms with E-state index in [0.717, 1.165) is 38.6 Å². The lowest BCUT2D eigenvalue weighted by Gasteiger charge is -2.05. The summed E-state index contributed by atoms with van der Waals surface area (Å²) >= 11 is 6.35. The summed E-state index contributed by atoms with van der Waals surface area (Å²) in [6, 6.07) is 5.91. The van der Waals surface area contributed by atoms with Gasteiger partial charge in [-0.1, -0.05) is 11.6 Å². The lowest BCUT2D eigenvalue weighted by atomic mass is 10.0. The second kappa shape index (κ2) is 5.21. The van der Waals surface area contributed by atoms with Gasteiger partial charge >= 0.3 is 0 Å². The Labute approximate surface area is 137 Å². The molecular formula is C17H14ClN5. The van der Waals surface area contributed by atoms with Crippen LogP contribution in [0.4, 0.5) is 5.95 Å². The zero-order valence-electron chi connectivity index (χ0n) is 12.7. The third-order valence-electron chi connectivity index (χ3n) is 3.97. The van der Waals surface area contributed by atoms with E-state index in [4.69, 9.17) is 11.6 Å². The van der Waals surface area contributed by atoms with Crippen LogP contribution < -0.4 is 5.32 Å². The van der Waals surface area contributed by atoms with Gasteiger partial charge in [0.25, 0.3) is 0 Å². The first-order valence-corrected chi connectivity index (χ1v) is 7.62. The quantitative estimate of drug-likeness (QED) is 0.581. The Bertz CT molecular complexity index is 1020. The Morgan fingerprint density at radius 1 is 1.04 bits per heavy atom. The number of aromatic amines is 1. The van der Waals surface area contributed by atoms with E-state index < -0.39 is 0 Å². The van der Waals surface area contributed by atoms with Gasteiger partial charge in [-0.2, -0.15) is 0 Å². The van der Waals surface area contributed by atoms with E-state index in [-0.39, 0.29) is 0 Å². The molecule has 0 fully saturated rings. The van der Waals surface area contributed by atoms with E-state index in [2.05, 4.69) is 25.3 Å². The van der Waals surface area contributed by atoms with Crippen molar-refractivity contribution in [3.63, 3.8) is 0 Å². The van der Waals surface area contributed by atoms with E-state index in [0.29, 0.717) is 11.0 Å². The molecule has 4 aromatic rings. The molecule has 1 aromatic carbocycles. The molecule has 0 saturated heterocycles. The molecule has 0 spiro atoms. The monoisotopic (exact) mass is 323 g/mol. The van der Waals surface area contributed by atoms with Gasteiger partial charge in [0.1, 0.15) is 0 Å². The summed E-state index contributed by atoms with van der Waals surface area (Å²) in [5.41, 5.74) is 4.89. The molecule has 2 N–H and O–H groups in total. The molecule has 0 aliphatic rings. The Morgan fingerprint density at radius 3 is 2.57 bits per heavy atom. The first kappa shape index (κ1) is 14.0. The maximum atomic E-state index is 6.35. The highest BCUT2D eigenvalue weighted by molar-refractivity contribution is 6.32. The number of fused-ring (bicyclic) bond motifs is 3. The molecule has 4 rings (SSSR count). The summed E-state index contributed by atoms with van der Waals surface area (Å²) < 4.78 is 0. The Morgan fingerprint density at radius 2 is 1.83 bits per heavy atom. The van der Waals surface area contributed by atoms with Crippen LogP contribution in [0, 0.1) is 6.92 Å². The Kier molecular flexibility index (Phi) is 3.16. The molecule has 0 aliphatic carbocycles. The van der Waals surface area contributed by atoms with Crippen molar-refractivity contribution in [3.8, 4) is 11.1 Å². The number of nitrogens with zero attached hydrogens (tertiary/aromatic N) is 3. The van der Waals surface area contributed by atoms with Crippen molar-refractivity contribution >= 4 is 39.4 Å². The molecule has 0 aliphatic heterocycles. The van der Waals surface area contributed by atoms with Crippen molar-refractivity contribution < 1.29 is 0 Å². The van der Waals surface area contributed by atoms with E-state index in [1.165, 1.54) is 0 Å². The third kappa shape index (κ3) is 2.21. The summed E-state index contributed by atoms with van der Waals surface area (Å²) in [6.45, 7) is 1.99. The van der Waals surface area contributed by atoms with Gasteiger partial charge in [-0.25, -0.2) is 9.97 Å². The molecule has 0 atom stereocenters. The minimum absolute atomic E-state index is 0.587. The first-order chi connectivity index (χ1) is 11.2. The van der Waals surface area contributed by atoms with Crippen LogP contribution in [-0.2, 0) is 0 Å². The van der Waals surface area contributed by atoms with Gasteiger partial charge in [0.15, 0.2) is 0 Å². The second-order valence-corrected chi connectivity index (χ2v) is 5.80. The maximum Gasteiger partial charge on any atom is 0.222 e. The van der Waals surface area contributed by atoms with Crippen LogP contribution in [0.5, 0.6) is 0 Å². The van der Waals surface area contributed by atoms with Crippen LogP contribution in [0.15, 0.2) is 36.8 Å². The van der Waals surface area contributed by atoms with Crippen LogP contribution in [0.3, 0.4) is 0 Å². The molecule has 0 saturated carbocycles. The molecule has 0 bridgehead atoms. The van der Waals surface area contributed by atoms with Crippen molar-refractivity contribution in [1.29, 1.82) is 0 Å². The number of nitrogens with one attached hydrogen (secondary N) is 2. The van der Waals surface area contributed by atoms with Gasteiger partial charge in [0, 0.05) is 52.6 Å². The van der Waals surface area contributed by atoms with Crippen LogP contribution in [0.1, 0.15) is 5.69 Å². The number of aromatic nitrogens is 4. The van der Waals surface area contributed by atoms with Gasteiger partial charge in [-0.05, 0) is 25.1 Å². The average molecular weight is 324 g/mol. The van der Waals surface area contributed by atoms with E-state index >= 15 is 0 Å². The highest BCUT2D eigenvalue weighted by Gasteiger charge is 2.13. The highest BCUT2D eigenvalue weighted by atomic mass is 35.5. The molecule has 3 heterocycles. The number of benzene rings is 1. The topological polar surface area (TPSA) is 66.5 Å². The molecule has 23 heavy (non-hydrogen) atoms. The summed E-state index contributed by atoms with van der Waals surface area (Å²) in [4.78, 5) is 16.4. The van der Waals surface area contributed by atoms with Gasteiger partial charge in [-0.15, -0.1) is 0 Å². The fourth-order valence-corrected chi connectivity index (χ4v) is 3.07. The standard InChI is InChI=1S/C17H14ClN5/c1-9-15-12(3-4-20-9)14-6-11(18)5-13(16(14)23-15)10-7-21-17(19-2)22-8-10/h3-8,23H,1-2H3,(H,19,21,22). The predicted octanol–water partition coefficient (Wildman–Crippen LogP) is 4.18. The van der Waals surface area contributed by atoms with Crippen molar-refractivity contribution in [2.75, 3.05) is 12.4 Å². The average Bonchev–Trinajstić information content (AvgIpc) is 2.94. The number of H-pyrrole nitrogens is 1. The molecule has 0 radical (unpaired) electrons. The number of rotatable bonds is 2. The zero-order chi connectivity index (χ0) is 16.0. The third-order valence-corrected chi connectivity index (χ3v) is 4.19. The number of hydrogen-bond donors (Lipinski definition) is 2. The van der Waals surface area contributed by atoms with E-state index in [1.807, 2.05) is 31.3 Å². The summed E-state index contributed by atoms with van der Waals surface area (Å²) in [6.07, 6.45) is 5.40. The number of anilines is 1. The molecular weight excluding hydrogens is 310 g/mol. The molecule has 0 amide bonds. The summed E-state index contributed by atoms with van der Waals surface area (Å²) in [5.74, 6) is 0.587. The minimum Gasteiger partial charge on any atom is -0.357 e. The fourth-order valence-electron chi connectivity index (χ4n) is 2.85. The summed E-state index contributed by atoms with van der Waals surface area (Å²) in [5, 5.41) is 5.79. The molecule has 6 heteroatoms. The van der Waals surface area contributed by atoms with E-state index in [1.54, 1.807) is 19.4 Å². The van der Waals surface area contributed by atoms with Crippen LogP contribution in [0.2, 0.25) is 5.02 Å². The van der Waals surface area contributed by atoms with Crippen molar-refractivity contribution in [2.45, 2.75) is 6.92 Å². The first-order valence-electron chi connectivity index (χ1n) is 7.24. The fraction of sp³-hybridized carbons (Fsp3) is 0.118. The number of halogens is 1. The summed E-state index contributed by atoms with van der Waals surface area (Å²) in [7, 11) is 1.79. The minimum atomic E-state index is 0.587. The normalized spacial score (nSPS) is 11.3. The largest absolute Gasteiger partial charge is 0.357 e. The Balaban J connectivity index is 2.05. The molecule has 0 unspecified atom stereocenters. The van der Waals surface area contributed by atoms with Crippen molar-refractivity contribution in [1.82, 2.24) is 19.9 Å². The van der Waals surface area contributed by atoms with Crippen LogP contribution in [-0.4, -0.2) is 27.0 Å². The lowest BCUT2D eigenvalue weighted by molar-refractivity contribution is 1.15. The lowest BCUT2D eigenvalue weighted by Crippen LogP contribution is -1.95. The van der Waals surface area contributed by atoms with Crippen LogP contribution in [0.25, 0.3) is 32.9 Å². The highest BCUT2D eigenvalue weighted by Crippen LogP contribution is 2.36. The van der Waals surface area contributed by atoms with Gasteiger partial charge in [-0.3, -0.25) is 4.98 Å². The van der Waals surface area contributed by atoms with E-state index in [9.17, 15) is 0 Å². The number of hydrogen-bond acceptors (Lipinski definition) is 4. The van der Waals surface area contributed by atoms with Gasteiger partial charge < -0.3 is 10.3 Å². The Hall–Kier alpha value is -2.66. The van der Waals surface area contributed by atoms with Gasteiger partial charge in [0.05, 0.1) is 16.7 Å². The van der Waals surface area contributed by atoms with Crippen molar-refractivity contribution in [3.05, 3.63) is 47.5 Å². The molecule has 3 aromatic heterocycles. The second-order valence-electron chi connectivity index (χ2n) is 5.37. The van der Waals surface area contributed by atoms with Gasteiger partial charge in [0.2, 0.25) is 5.95 Å². The molecule has 114 valence electrons. The smallest absolute Gasteiger partial charge is 0.222 e. The SMILES string of the molecule is CNc1ncc(-c2cc(Cl)cc3c2[nH]c2c(C)nccc23)cn1. The molecule has 5 nitrogen and oxygen atoms in total. The maximum absolute atomic E-state index is 6.35. The zero-order valence-corrected chi connectivity index (χ0v) is 13.4. The predicted molar refractivity (Wildman–Crippen MR) is 93.9 cm³/mol. The number of pyridine rings is 1. The number of aryl methyl sites for hydroxylation is 1.